The van der Waals surface area contributed by atoms with E-state index in [1.54, 1.807) is 0 Å². The predicted molar refractivity (Wildman–Crippen MR) is 56.2 cm³/mol. The molecule has 0 aromatic heterocycles. The lowest BCUT2D eigenvalue weighted by Crippen LogP contribution is -2.31. The Hall–Kier alpha value is -1.99. The van der Waals surface area contributed by atoms with Gasteiger partial charge in [0.05, 0.1) is 19.4 Å². The van der Waals surface area contributed by atoms with Crippen molar-refractivity contribution in [1.82, 2.24) is 0 Å². The summed E-state index contributed by atoms with van der Waals surface area (Å²) in [6.07, 6.45) is -0.687. The Kier molecular flexibility index (Phi) is 4.35. The third-order valence-electron chi connectivity index (χ3n) is 3.13. The number of carbonyl (C=O) groups excluding carboxylic acids is 2. The van der Waals surface area contributed by atoms with E-state index in [9.17, 15) is 24.5 Å². The van der Waals surface area contributed by atoms with Crippen molar-refractivity contribution in [3.8, 4) is 0 Å². The summed E-state index contributed by atoms with van der Waals surface area (Å²) in [6.45, 7) is -0.608. The molecule has 1 aliphatic rings. The summed E-state index contributed by atoms with van der Waals surface area (Å²) in [4.78, 5) is 43.6. The second-order valence-corrected chi connectivity index (χ2v) is 4.18. The number of Topliss-reactive ketones (excluding diaryl/α,β-unsaturated/α-hetero) is 1. The van der Waals surface area contributed by atoms with Crippen molar-refractivity contribution in [2.24, 2.45) is 17.8 Å². The van der Waals surface area contributed by atoms with Crippen molar-refractivity contribution >= 4 is 17.7 Å². The van der Waals surface area contributed by atoms with Gasteiger partial charge in [-0.15, -0.1) is 0 Å². The van der Waals surface area contributed by atoms with Crippen LogP contribution < -0.4 is 0 Å². The number of carbonyl (C=O) groups is 3. The van der Waals surface area contributed by atoms with Crippen LogP contribution in [0.1, 0.15) is 12.8 Å². The zero-order chi connectivity index (χ0) is 13.9. The second-order valence-electron chi connectivity index (χ2n) is 4.18. The van der Waals surface area contributed by atoms with E-state index in [1.807, 2.05) is 0 Å². The summed E-state index contributed by atoms with van der Waals surface area (Å²) in [5.74, 6) is -5.17. The third kappa shape index (κ3) is 3.02. The predicted octanol–water partition coefficient (Wildman–Crippen LogP) is -0.268. The molecule has 1 aliphatic carbocycles. The van der Waals surface area contributed by atoms with Gasteiger partial charge in [0.2, 0.25) is 6.54 Å². The summed E-state index contributed by atoms with van der Waals surface area (Å²) >= 11 is 0. The van der Waals surface area contributed by atoms with Crippen LogP contribution in [-0.4, -0.2) is 41.4 Å². The molecule has 0 aromatic carbocycles. The number of aliphatic carboxylic acids is 1. The monoisotopic (exact) mass is 259 g/mol. The van der Waals surface area contributed by atoms with Gasteiger partial charge in [-0.1, -0.05) is 0 Å². The highest BCUT2D eigenvalue weighted by atomic mass is 16.6. The number of hydrogen-bond donors (Lipinski definition) is 1. The van der Waals surface area contributed by atoms with Gasteiger partial charge in [0.25, 0.3) is 0 Å². The lowest BCUT2D eigenvalue weighted by molar-refractivity contribution is -0.490. The van der Waals surface area contributed by atoms with Gasteiger partial charge in [-0.3, -0.25) is 24.5 Å². The number of carboxylic acid groups (broad SMARTS) is 1. The summed E-state index contributed by atoms with van der Waals surface area (Å²) in [5.41, 5.74) is 0. The average molecular weight is 259 g/mol. The fourth-order valence-corrected chi connectivity index (χ4v) is 2.33. The molecular formula is C10H13NO7. The van der Waals surface area contributed by atoms with Crippen molar-refractivity contribution in [3.05, 3.63) is 10.1 Å². The van der Waals surface area contributed by atoms with Crippen molar-refractivity contribution in [3.63, 3.8) is 0 Å². The highest BCUT2D eigenvalue weighted by Crippen LogP contribution is 2.37. The zero-order valence-corrected chi connectivity index (χ0v) is 9.70. The Labute approximate surface area is 102 Å². The third-order valence-corrected chi connectivity index (χ3v) is 3.13. The molecule has 0 spiro atoms. The van der Waals surface area contributed by atoms with E-state index >= 15 is 0 Å². The van der Waals surface area contributed by atoms with Gasteiger partial charge < -0.3 is 9.84 Å². The van der Waals surface area contributed by atoms with E-state index in [-0.39, 0.29) is 6.42 Å². The standard InChI is InChI=1S/C10H13NO7/c1-18-10(15)6-2-8(12)5(3-9(13)14)7(6)4-11(16)17/h5-7H,2-4H2,1H3,(H,13,14)/t5-,6-,7-/m0/s1. The second kappa shape index (κ2) is 5.56. The first-order valence-electron chi connectivity index (χ1n) is 5.31. The molecule has 0 aromatic rings. The molecule has 8 heteroatoms. The van der Waals surface area contributed by atoms with Crippen LogP contribution in [0.3, 0.4) is 0 Å². The quantitative estimate of drug-likeness (QED) is 0.409. The molecule has 1 rings (SSSR count). The van der Waals surface area contributed by atoms with Crippen LogP contribution in [-0.2, 0) is 19.1 Å². The molecule has 0 radical (unpaired) electrons. The van der Waals surface area contributed by atoms with Gasteiger partial charge in [0, 0.05) is 23.2 Å². The lowest BCUT2D eigenvalue weighted by Gasteiger charge is -2.17. The van der Waals surface area contributed by atoms with Gasteiger partial charge in [0.1, 0.15) is 5.78 Å². The maximum absolute atomic E-state index is 11.6. The smallest absolute Gasteiger partial charge is 0.309 e. The number of rotatable bonds is 5. The number of nitro groups is 1. The van der Waals surface area contributed by atoms with Crippen molar-refractivity contribution in [2.75, 3.05) is 13.7 Å². The molecule has 0 bridgehead atoms. The molecule has 0 aliphatic heterocycles. The summed E-state index contributed by atoms with van der Waals surface area (Å²) in [6, 6.07) is 0. The fraction of sp³-hybridized carbons (Fsp3) is 0.700. The topological polar surface area (TPSA) is 124 Å². The van der Waals surface area contributed by atoms with Crippen LogP contribution >= 0.6 is 0 Å². The Bertz CT molecular complexity index is 392. The molecule has 0 saturated heterocycles. The molecule has 1 fully saturated rings. The zero-order valence-electron chi connectivity index (χ0n) is 9.70. The van der Waals surface area contributed by atoms with Crippen LogP contribution in [0.4, 0.5) is 0 Å². The summed E-state index contributed by atoms with van der Waals surface area (Å²) in [5, 5.41) is 19.2. The van der Waals surface area contributed by atoms with Crippen molar-refractivity contribution in [2.45, 2.75) is 12.8 Å². The number of esters is 1. The molecule has 18 heavy (non-hydrogen) atoms. The molecular weight excluding hydrogens is 246 g/mol. The molecule has 0 heterocycles. The van der Waals surface area contributed by atoms with E-state index in [2.05, 4.69) is 4.74 Å². The van der Waals surface area contributed by atoms with Crippen LogP contribution in [0.25, 0.3) is 0 Å². The van der Waals surface area contributed by atoms with E-state index in [0.717, 1.165) is 7.11 Å². The largest absolute Gasteiger partial charge is 0.481 e. The number of ketones is 1. The van der Waals surface area contributed by atoms with Crippen LogP contribution in [0.5, 0.6) is 0 Å². The van der Waals surface area contributed by atoms with E-state index in [1.165, 1.54) is 0 Å². The Balaban J connectivity index is 2.94. The summed E-state index contributed by atoms with van der Waals surface area (Å²) in [7, 11) is 1.13. The minimum absolute atomic E-state index is 0.191. The lowest BCUT2D eigenvalue weighted by atomic mass is 9.87. The summed E-state index contributed by atoms with van der Waals surface area (Å²) < 4.78 is 4.49. The van der Waals surface area contributed by atoms with E-state index < -0.39 is 53.4 Å². The molecule has 8 nitrogen and oxygen atoms in total. The maximum atomic E-state index is 11.6. The molecule has 0 unspecified atom stereocenters. The Morgan fingerprint density at radius 1 is 1.56 bits per heavy atom. The first-order chi connectivity index (χ1) is 8.36. The number of carboxylic acids is 1. The number of methoxy groups -OCH3 is 1. The van der Waals surface area contributed by atoms with Gasteiger partial charge in [-0.05, 0) is 0 Å². The molecule has 1 N–H and O–H groups in total. The number of hydrogen-bond acceptors (Lipinski definition) is 6. The number of nitrogens with zero attached hydrogens (tertiary/aromatic N) is 1. The van der Waals surface area contributed by atoms with Crippen molar-refractivity contribution in [1.29, 1.82) is 0 Å². The Morgan fingerprint density at radius 2 is 2.17 bits per heavy atom. The van der Waals surface area contributed by atoms with Gasteiger partial charge >= 0.3 is 11.9 Å². The minimum Gasteiger partial charge on any atom is -0.481 e. The SMILES string of the molecule is COC(=O)[C@H]1CC(=O)[C@@H](CC(=O)O)[C@@H]1C[N+](=O)[O-]. The normalized spacial score (nSPS) is 26.9. The van der Waals surface area contributed by atoms with Crippen LogP contribution in [0.2, 0.25) is 0 Å². The molecule has 0 amide bonds. The first-order valence-corrected chi connectivity index (χ1v) is 5.31. The van der Waals surface area contributed by atoms with E-state index in [0.29, 0.717) is 0 Å². The fourth-order valence-electron chi connectivity index (χ4n) is 2.33. The van der Waals surface area contributed by atoms with E-state index in [4.69, 9.17) is 5.11 Å². The molecule has 3 atom stereocenters. The highest BCUT2D eigenvalue weighted by molar-refractivity contribution is 5.92. The molecule has 1 saturated carbocycles. The van der Waals surface area contributed by atoms with Gasteiger partial charge in [0.15, 0.2) is 0 Å². The Morgan fingerprint density at radius 3 is 2.61 bits per heavy atom. The highest BCUT2D eigenvalue weighted by Gasteiger charge is 2.49. The van der Waals surface area contributed by atoms with Gasteiger partial charge in [-0.25, -0.2) is 0 Å². The van der Waals surface area contributed by atoms with Crippen molar-refractivity contribution < 1.29 is 29.2 Å². The molecule has 100 valence electrons. The number of ether oxygens (including phenoxy) is 1. The van der Waals surface area contributed by atoms with Gasteiger partial charge in [-0.2, -0.15) is 0 Å². The first kappa shape index (κ1) is 14.1. The average Bonchev–Trinajstić information content (AvgIpc) is 2.55. The van der Waals surface area contributed by atoms with Crippen LogP contribution in [0.15, 0.2) is 0 Å². The maximum Gasteiger partial charge on any atom is 0.309 e. The minimum atomic E-state index is -1.22. The van der Waals surface area contributed by atoms with Crippen LogP contribution in [0, 0.1) is 27.9 Å².